The van der Waals surface area contributed by atoms with Crippen molar-refractivity contribution in [1.82, 2.24) is 0 Å². The van der Waals surface area contributed by atoms with Crippen molar-refractivity contribution in [2.45, 2.75) is 6.92 Å². The fraction of sp³-hybridized carbons (Fsp3) is 0.500. The number of carboxylic acids is 1. The molecule has 0 aliphatic heterocycles. The predicted octanol–water partition coefficient (Wildman–Crippen LogP) is -2.12. The van der Waals surface area contributed by atoms with Gasteiger partial charge in [0.25, 0.3) is 5.97 Å². The Kier molecular flexibility index (Phi) is 20.8. The van der Waals surface area contributed by atoms with Gasteiger partial charge < -0.3 is 23.0 Å². The summed E-state index contributed by atoms with van der Waals surface area (Å²) in [6, 6.07) is 0. The molecule has 0 rings (SSSR count). The Labute approximate surface area is 85.5 Å². The summed E-state index contributed by atoms with van der Waals surface area (Å²) < 4.78 is 0. The Morgan fingerprint density at radius 1 is 1.44 bits per heavy atom. The van der Waals surface area contributed by atoms with Crippen LogP contribution in [0.25, 0.3) is 0 Å². The Balaban J connectivity index is -0.0000000171. The molecule has 7 heteroatoms. The van der Waals surface area contributed by atoms with Gasteiger partial charge in [-0.25, -0.2) is 0 Å². The van der Waals surface area contributed by atoms with Gasteiger partial charge in [0.1, 0.15) is 0 Å². The first-order chi connectivity index (χ1) is 3.46. The fourth-order valence-corrected chi connectivity index (χ4v) is 0. The monoisotopic (exact) mass is 164 g/mol. The van der Waals surface area contributed by atoms with E-state index in [2.05, 4.69) is 0 Å². The number of hydrogen-bond acceptors (Lipinski definition) is 4. The third-order valence-electron chi connectivity index (χ3n) is 0. The second-order valence-corrected chi connectivity index (χ2v) is 0.865. The summed E-state index contributed by atoms with van der Waals surface area (Å²) in [4.78, 5) is 9.00. The molecule has 0 fully saturated rings. The van der Waals surface area contributed by atoms with Crippen molar-refractivity contribution in [2.75, 3.05) is 0 Å². The maximum absolute atomic E-state index is 9.00. The molecule has 9 heavy (non-hydrogen) atoms. The molecule has 0 aromatic rings. The van der Waals surface area contributed by atoms with E-state index in [1.54, 1.807) is 0 Å². The topological polar surface area (TPSA) is 98.0 Å². The first-order valence-electron chi connectivity index (χ1n) is 1.70. The van der Waals surface area contributed by atoms with E-state index in [1.807, 2.05) is 0 Å². The zero-order valence-electron chi connectivity index (χ0n) is 6.98. The number of rotatable bonds is 0. The van der Waals surface area contributed by atoms with Crippen molar-refractivity contribution in [3.05, 3.63) is 0 Å². The SMILES string of the molecule is CC(=O)O.OB(O)O.[Ca+2].[H-].[H-]. The van der Waals surface area contributed by atoms with Crippen molar-refractivity contribution in [3.63, 3.8) is 0 Å². The minimum Gasteiger partial charge on any atom is -1.00 e. The van der Waals surface area contributed by atoms with Crippen molar-refractivity contribution in [1.29, 1.82) is 0 Å². The van der Waals surface area contributed by atoms with E-state index in [0.717, 1.165) is 6.92 Å². The summed E-state index contributed by atoms with van der Waals surface area (Å²) >= 11 is 0. The second-order valence-electron chi connectivity index (χ2n) is 0.865. The van der Waals surface area contributed by atoms with Crippen LogP contribution in [-0.4, -0.2) is 71.2 Å². The summed E-state index contributed by atoms with van der Waals surface area (Å²) in [5.41, 5.74) is 0. The minimum atomic E-state index is -2.17. The van der Waals surface area contributed by atoms with E-state index in [1.165, 1.54) is 0 Å². The second kappa shape index (κ2) is 11.5. The van der Waals surface area contributed by atoms with Crippen LogP contribution in [-0.2, 0) is 4.79 Å². The molecule has 0 saturated carbocycles. The molecule has 0 unspecified atom stereocenters. The van der Waals surface area contributed by atoms with Gasteiger partial charge in [0.15, 0.2) is 0 Å². The van der Waals surface area contributed by atoms with Crippen LogP contribution in [0.1, 0.15) is 9.78 Å². The normalized spacial score (nSPS) is 5.78. The number of carbonyl (C=O) groups is 1. The number of aliphatic carboxylic acids is 1. The molecule has 0 aromatic carbocycles. The fourth-order valence-electron chi connectivity index (χ4n) is 0. The van der Waals surface area contributed by atoms with E-state index in [0.29, 0.717) is 0 Å². The van der Waals surface area contributed by atoms with Crippen LogP contribution in [0.2, 0.25) is 0 Å². The molecular weight excluding hydrogens is 155 g/mol. The molecule has 0 heterocycles. The van der Waals surface area contributed by atoms with Crippen molar-refractivity contribution in [2.24, 2.45) is 0 Å². The van der Waals surface area contributed by atoms with E-state index in [-0.39, 0.29) is 40.6 Å². The third kappa shape index (κ3) is 849. The molecule has 0 amide bonds. The summed E-state index contributed by atoms with van der Waals surface area (Å²) in [6.07, 6.45) is 0. The smallest absolute Gasteiger partial charge is 1.00 e. The Morgan fingerprint density at radius 3 is 1.44 bits per heavy atom. The number of carboxylic acid groups (broad SMARTS) is 1. The van der Waals surface area contributed by atoms with Gasteiger partial charge in [0, 0.05) is 6.92 Å². The zero-order valence-corrected chi connectivity index (χ0v) is 7.19. The van der Waals surface area contributed by atoms with Gasteiger partial charge in [-0.1, -0.05) is 0 Å². The molecule has 0 saturated heterocycles. The standard InChI is InChI=1S/C2H4O2.BH3O3.Ca.2H/c1-2(3)4;2-1(3)4;;;/h1H3,(H,3,4);2-4H;;;/q;;+2;2*-1. The van der Waals surface area contributed by atoms with Crippen molar-refractivity contribution in [3.8, 4) is 0 Å². The first-order valence-corrected chi connectivity index (χ1v) is 1.70. The van der Waals surface area contributed by atoms with E-state index < -0.39 is 13.3 Å². The van der Waals surface area contributed by atoms with Gasteiger partial charge in [-0.3, -0.25) is 4.79 Å². The van der Waals surface area contributed by atoms with Gasteiger partial charge in [-0.2, -0.15) is 0 Å². The van der Waals surface area contributed by atoms with Crippen LogP contribution in [0.4, 0.5) is 0 Å². The molecule has 0 atom stereocenters. The zero-order chi connectivity index (χ0) is 7.15. The van der Waals surface area contributed by atoms with Gasteiger partial charge in [-0.15, -0.1) is 0 Å². The average molecular weight is 164 g/mol. The van der Waals surface area contributed by atoms with Gasteiger partial charge in [-0.05, 0) is 0 Å². The quantitative estimate of drug-likeness (QED) is 0.307. The van der Waals surface area contributed by atoms with Crippen LogP contribution in [0.5, 0.6) is 0 Å². The molecule has 0 spiro atoms. The molecule has 0 aromatic heterocycles. The van der Waals surface area contributed by atoms with Gasteiger partial charge >= 0.3 is 45.1 Å². The maximum Gasteiger partial charge on any atom is 2.00 e. The average Bonchev–Trinajstić information content (AvgIpc) is 1.25. The van der Waals surface area contributed by atoms with Crippen molar-refractivity contribution < 1.29 is 27.8 Å². The molecule has 0 radical (unpaired) electrons. The van der Waals surface area contributed by atoms with Crippen molar-refractivity contribution >= 4 is 51.0 Å². The van der Waals surface area contributed by atoms with E-state index in [9.17, 15) is 0 Å². The third-order valence-corrected chi connectivity index (χ3v) is 0. The van der Waals surface area contributed by atoms with Crippen LogP contribution in [0.3, 0.4) is 0 Å². The van der Waals surface area contributed by atoms with Crippen LogP contribution in [0.15, 0.2) is 0 Å². The molecular formula is C2H9BCaO5. The molecule has 0 bridgehead atoms. The van der Waals surface area contributed by atoms with Crippen LogP contribution < -0.4 is 0 Å². The van der Waals surface area contributed by atoms with Gasteiger partial charge in [0.05, 0.1) is 0 Å². The molecule has 0 aliphatic carbocycles. The molecule has 5 nitrogen and oxygen atoms in total. The molecule has 52 valence electrons. The molecule has 4 N–H and O–H groups in total. The Morgan fingerprint density at radius 2 is 1.44 bits per heavy atom. The first kappa shape index (κ1) is 16.3. The number of hydrogen-bond donors (Lipinski definition) is 4. The van der Waals surface area contributed by atoms with Gasteiger partial charge in [0.2, 0.25) is 0 Å². The van der Waals surface area contributed by atoms with Crippen LogP contribution in [0, 0.1) is 0 Å². The summed E-state index contributed by atoms with van der Waals surface area (Å²) in [5, 5.41) is 28.9. The summed E-state index contributed by atoms with van der Waals surface area (Å²) in [5.74, 6) is -0.833. The van der Waals surface area contributed by atoms with Crippen LogP contribution >= 0.6 is 0 Å². The van der Waals surface area contributed by atoms with E-state index in [4.69, 9.17) is 25.0 Å². The Hall–Kier alpha value is 0.675. The summed E-state index contributed by atoms with van der Waals surface area (Å²) in [7, 11) is -2.17. The van der Waals surface area contributed by atoms with E-state index >= 15 is 0 Å². The maximum atomic E-state index is 9.00. The Bertz CT molecular complexity index is 66.7. The predicted molar refractivity (Wildman–Crippen MR) is 33.7 cm³/mol. The largest absolute Gasteiger partial charge is 2.00 e. The summed E-state index contributed by atoms with van der Waals surface area (Å²) in [6.45, 7) is 1.08. The minimum absolute atomic E-state index is 0. The molecule has 0 aliphatic rings.